The number of hydrogen-bond acceptors (Lipinski definition) is 4. The third kappa shape index (κ3) is 5.22. The van der Waals surface area contributed by atoms with Gasteiger partial charge in [-0.25, -0.2) is 4.79 Å². The highest BCUT2D eigenvalue weighted by Gasteiger charge is 2.36. The molecule has 2 unspecified atom stereocenters. The Morgan fingerprint density at radius 2 is 2.00 bits per heavy atom. The van der Waals surface area contributed by atoms with Crippen LogP contribution in [0, 0.1) is 0 Å². The SMILES string of the molecule is CC(C)(C)OC(=O)N1CCCC(OCc2ccccc2)C1CO. The Balaban J connectivity index is 1.98. The molecule has 1 saturated heterocycles. The number of likely N-dealkylation sites (tertiary alicyclic amines) is 1. The molecule has 0 spiro atoms. The number of aliphatic hydroxyl groups is 1. The number of piperidine rings is 1. The second kappa shape index (κ2) is 7.79. The maximum atomic E-state index is 12.3. The lowest BCUT2D eigenvalue weighted by Gasteiger charge is -2.40. The van der Waals surface area contributed by atoms with Gasteiger partial charge in [0, 0.05) is 6.54 Å². The fourth-order valence-electron chi connectivity index (χ4n) is 2.76. The highest BCUT2D eigenvalue weighted by Crippen LogP contribution is 2.23. The molecule has 2 atom stereocenters. The summed E-state index contributed by atoms with van der Waals surface area (Å²) in [6.07, 6.45) is 1.11. The van der Waals surface area contributed by atoms with Gasteiger partial charge in [0.15, 0.2) is 0 Å². The van der Waals surface area contributed by atoms with Gasteiger partial charge in [-0.3, -0.25) is 0 Å². The number of aliphatic hydroxyl groups excluding tert-OH is 1. The highest BCUT2D eigenvalue weighted by atomic mass is 16.6. The second-order valence-corrected chi connectivity index (χ2v) is 6.90. The van der Waals surface area contributed by atoms with Crippen molar-refractivity contribution < 1.29 is 19.4 Å². The van der Waals surface area contributed by atoms with Gasteiger partial charge in [0.2, 0.25) is 0 Å². The normalized spacial score (nSPS) is 22.0. The monoisotopic (exact) mass is 321 g/mol. The zero-order valence-electron chi connectivity index (χ0n) is 14.2. The molecule has 1 aromatic carbocycles. The minimum absolute atomic E-state index is 0.126. The van der Waals surface area contributed by atoms with Gasteiger partial charge in [-0.15, -0.1) is 0 Å². The summed E-state index contributed by atoms with van der Waals surface area (Å²) in [5, 5.41) is 9.75. The van der Waals surface area contributed by atoms with Crippen LogP contribution in [-0.2, 0) is 16.1 Å². The fourth-order valence-corrected chi connectivity index (χ4v) is 2.76. The van der Waals surface area contributed by atoms with E-state index >= 15 is 0 Å². The van der Waals surface area contributed by atoms with E-state index in [9.17, 15) is 9.90 Å². The maximum Gasteiger partial charge on any atom is 0.410 e. The quantitative estimate of drug-likeness (QED) is 0.926. The fraction of sp³-hybridized carbons (Fsp3) is 0.611. The summed E-state index contributed by atoms with van der Waals surface area (Å²) < 4.78 is 11.4. The molecule has 0 aromatic heterocycles. The molecule has 1 heterocycles. The van der Waals surface area contributed by atoms with E-state index in [-0.39, 0.29) is 24.8 Å². The van der Waals surface area contributed by atoms with E-state index in [1.165, 1.54) is 0 Å². The Bertz CT molecular complexity index is 497. The molecule has 5 nitrogen and oxygen atoms in total. The predicted octanol–water partition coefficient (Wildman–Crippen LogP) is 2.96. The average molecular weight is 321 g/mol. The summed E-state index contributed by atoms with van der Waals surface area (Å²) >= 11 is 0. The van der Waals surface area contributed by atoms with Crippen molar-refractivity contribution in [2.45, 2.75) is 58.0 Å². The number of benzene rings is 1. The van der Waals surface area contributed by atoms with Gasteiger partial charge in [0.25, 0.3) is 0 Å². The van der Waals surface area contributed by atoms with Crippen LogP contribution in [0.25, 0.3) is 0 Å². The van der Waals surface area contributed by atoms with Crippen molar-refractivity contribution in [2.24, 2.45) is 0 Å². The number of amides is 1. The van der Waals surface area contributed by atoms with E-state index in [1.807, 2.05) is 51.1 Å². The Hall–Kier alpha value is -1.59. The molecular formula is C18H27NO4. The second-order valence-electron chi connectivity index (χ2n) is 6.90. The minimum atomic E-state index is -0.547. The summed E-state index contributed by atoms with van der Waals surface area (Å²) in [7, 11) is 0. The number of hydrogen-bond donors (Lipinski definition) is 1. The molecule has 0 saturated carbocycles. The molecule has 0 bridgehead atoms. The lowest BCUT2D eigenvalue weighted by atomic mass is 9.99. The van der Waals surface area contributed by atoms with E-state index in [4.69, 9.17) is 9.47 Å². The van der Waals surface area contributed by atoms with Gasteiger partial charge < -0.3 is 19.5 Å². The molecule has 1 aromatic rings. The molecule has 1 aliphatic heterocycles. The first kappa shape index (κ1) is 17.8. The van der Waals surface area contributed by atoms with Crippen molar-refractivity contribution in [2.75, 3.05) is 13.2 Å². The number of rotatable bonds is 4. The molecule has 1 N–H and O–H groups in total. The summed E-state index contributed by atoms with van der Waals surface area (Å²) in [5.74, 6) is 0. The molecule has 0 aliphatic carbocycles. The lowest BCUT2D eigenvalue weighted by Crippen LogP contribution is -2.54. The third-order valence-electron chi connectivity index (χ3n) is 3.84. The maximum absolute atomic E-state index is 12.3. The Kier molecular flexibility index (Phi) is 6.02. The molecule has 1 amide bonds. The zero-order chi connectivity index (χ0) is 16.9. The summed E-state index contributed by atoms with van der Waals surface area (Å²) in [6.45, 7) is 6.46. The number of carbonyl (C=O) groups excluding carboxylic acids is 1. The first-order chi connectivity index (χ1) is 10.9. The van der Waals surface area contributed by atoms with Crippen molar-refractivity contribution in [1.82, 2.24) is 4.90 Å². The molecular weight excluding hydrogens is 294 g/mol. The van der Waals surface area contributed by atoms with Crippen LogP contribution in [0.15, 0.2) is 30.3 Å². The topological polar surface area (TPSA) is 59.0 Å². The van der Waals surface area contributed by atoms with E-state index in [2.05, 4.69) is 0 Å². The van der Waals surface area contributed by atoms with Crippen molar-refractivity contribution in [3.8, 4) is 0 Å². The van der Waals surface area contributed by atoms with Gasteiger partial charge in [0.1, 0.15) is 5.60 Å². The van der Waals surface area contributed by atoms with Crippen molar-refractivity contribution >= 4 is 6.09 Å². The number of nitrogens with zero attached hydrogens (tertiary/aromatic N) is 1. The molecule has 23 heavy (non-hydrogen) atoms. The molecule has 2 rings (SSSR count). The first-order valence-electron chi connectivity index (χ1n) is 8.17. The van der Waals surface area contributed by atoms with Crippen molar-refractivity contribution in [3.63, 3.8) is 0 Å². The van der Waals surface area contributed by atoms with Crippen LogP contribution in [0.1, 0.15) is 39.2 Å². The predicted molar refractivity (Wildman–Crippen MR) is 88.1 cm³/mol. The minimum Gasteiger partial charge on any atom is -0.444 e. The van der Waals surface area contributed by atoms with Crippen LogP contribution in [0.3, 0.4) is 0 Å². The third-order valence-corrected chi connectivity index (χ3v) is 3.84. The molecule has 1 aliphatic rings. The lowest BCUT2D eigenvalue weighted by molar-refractivity contribution is -0.0716. The summed E-state index contributed by atoms with van der Waals surface area (Å²) in [5.41, 5.74) is 0.535. The van der Waals surface area contributed by atoms with Crippen LogP contribution in [-0.4, -0.2) is 47.0 Å². The highest BCUT2D eigenvalue weighted by molar-refractivity contribution is 5.68. The van der Waals surface area contributed by atoms with E-state index in [0.29, 0.717) is 13.2 Å². The Morgan fingerprint density at radius 1 is 1.30 bits per heavy atom. The van der Waals surface area contributed by atoms with Crippen LogP contribution in [0.2, 0.25) is 0 Å². The Morgan fingerprint density at radius 3 is 2.61 bits per heavy atom. The van der Waals surface area contributed by atoms with Crippen LogP contribution < -0.4 is 0 Å². The van der Waals surface area contributed by atoms with Crippen molar-refractivity contribution in [1.29, 1.82) is 0 Å². The van der Waals surface area contributed by atoms with Gasteiger partial charge in [0.05, 0.1) is 25.4 Å². The van der Waals surface area contributed by atoms with Crippen LogP contribution in [0.5, 0.6) is 0 Å². The van der Waals surface area contributed by atoms with Gasteiger partial charge in [-0.2, -0.15) is 0 Å². The van der Waals surface area contributed by atoms with E-state index in [0.717, 1.165) is 18.4 Å². The van der Waals surface area contributed by atoms with Crippen LogP contribution in [0.4, 0.5) is 4.79 Å². The smallest absolute Gasteiger partial charge is 0.410 e. The molecule has 128 valence electrons. The number of ether oxygens (including phenoxy) is 2. The van der Waals surface area contributed by atoms with Gasteiger partial charge >= 0.3 is 6.09 Å². The van der Waals surface area contributed by atoms with Crippen LogP contribution >= 0.6 is 0 Å². The summed E-state index contributed by atoms with van der Waals surface area (Å²) in [6, 6.07) is 9.55. The molecule has 5 heteroatoms. The first-order valence-corrected chi connectivity index (χ1v) is 8.17. The van der Waals surface area contributed by atoms with E-state index in [1.54, 1.807) is 4.90 Å². The average Bonchev–Trinajstić information content (AvgIpc) is 2.51. The molecule has 1 fully saturated rings. The summed E-state index contributed by atoms with van der Waals surface area (Å²) in [4.78, 5) is 13.9. The molecule has 0 radical (unpaired) electrons. The standard InChI is InChI=1S/C18H27NO4/c1-18(2,3)23-17(21)19-11-7-10-16(15(19)12-20)22-13-14-8-5-4-6-9-14/h4-6,8-9,15-16,20H,7,10-13H2,1-3H3. The van der Waals surface area contributed by atoms with Gasteiger partial charge in [-0.1, -0.05) is 30.3 Å². The zero-order valence-corrected chi connectivity index (χ0v) is 14.2. The number of carbonyl (C=O) groups is 1. The Labute approximate surface area is 138 Å². The van der Waals surface area contributed by atoms with E-state index < -0.39 is 5.60 Å². The largest absolute Gasteiger partial charge is 0.444 e. The van der Waals surface area contributed by atoms with Gasteiger partial charge in [-0.05, 0) is 39.2 Å². The van der Waals surface area contributed by atoms with Crippen molar-refractivity contribution in [3.05, 3.63) is 35.9 Å².